The van der Waals surface area contributed by atoms with E-state index in [0.29, 0.717) is 11.6 Å². The minimum Gasteiger partial charge on any atom is -0.341 e. The Morgan fingerprint density at radius 1 is 0.833 bits per heavy atom. The predicted molar refractivity (Wildman–Crippen MR) is 106 cm³/mol. The number of hydrogen-bond donors (Lipinski definition) is 0. The molecule has 0 fully saturated rings. The molecule has 0 amide bonds. The van der Waals surface area contributed by atoms with Gasteiger partial charge < -0.3 is 4.57 Å². The Hall–Kier alpha value is -3.39. The molecular weight excluding hydrogens is 415 g/mol. The Balaban J connectivity index is 2.02. The maximum absolute atomic E-state index is 13.9. The van der Waals surface area contributed by atoms with Gasteiger partial charge in [-0.25, -0.2) is 21.6 Å². The molecule has 4 nitrogen and oxygen atoms in total. The van der Waals surface area contributed by atoms with Crippen LogP contribution in [-0.4, -0.2) is 13.0 Å². The summed E-state index contributed by atoms with van der Waals surface area (Å²) in [5, 5.41) is -0.290. The van der Waals surface area contributed by atoms with Crippen molar-refractivity contribution in [2.45, 2.75) is 16.3 Å². The molecule has 0 radical (unpaired) electrons. The number of hydrogen-bond acceptors (Lipinski definition) is 3. The Labute approximate surface area is 169 Å². The average molecular weight is 429 g/mol. The zero-order valence-electron chi connectivity index (χ0n) is 15.3. The first-order chi connectivity index (χ1) is 14.3. The summed E-state index contributed by atoms with van der Waals surface area (Å²) in [5.74, 6) is -2.97. The van der Waals surface area contributed by atoms with Gasteiger partial charge in [-0.1, -0.05) is 30.3 Å². The minimum absolute atomic E-state index is 0.00447. The van der Waals surface area contributed by atoms with Crippen LogP contribution < -0.4 is 5.43 Å². The summed E-state index contributed by atoms with van der Waals surface area (Å²) in [4.78, 5) is 12.2. The molecule has 0 atom stereocenters. The summed E-state index contributed by atoms with van der Waals surface area (Å²) in [6.45, 7) is -0.0586. The van der Waals surface area contributed by atoms with Crippen LogP contribution in [0.5, 0.6) is 0 Å². The molecule has 0 saturated heterocycles. The molecule has 0 bridgehead atoms. The van der Waals surface area contributed by atoms with E-state index in [1.165, 1.54) is 47.0 Å². The Bertz CT molecular complexity index is 1430. The molecule has 0 aliphatic heterocycles. The van der Waals surface area contributed by atoms with Crippen molar-refractivity contribution in [1.29, 1.82) is 0 Å². The third-order valence-electron chi connectivity index (χ3n) is 4.67. The molecule has 0 unspecified atom stereocenters. The lowest BCUT2D eigenvalue weighted by Crippen LogP contribution is -2.20. The van der Waals surface area contributed by atoms with Crippen LogP contribution in [0.4, 0.5) is 13.2 Å². The Morgan fingerprint density at radius 3 is 2.23 bits per heavy atom. The zero-order chi connectivity index (χ0) is 21.5. The van der Waals surface area contributed by atoms with Gasteiger partial charge in [0.25, 0.3) is 0 Å². The number of pyridine rings is 1. The van der Waals surface area contributed by atoms with Crippen LogP contribution in [0.2, 0.25) is 0 Å². The van der Waals surface area contributed by atoms with Gasteiger partial charge >= 0.3 is 0 Å². The number of benzene rings is 3. The van der Waals surface area contributed by atoms with Crippen molar-refractivity contribution in [2.24, 2.45) is 0 Å². The van der Waals surface area contributed by atoms with Crippen molar-refractivity contribution >= 4 is 20.7 Å². The van der Waals surface area contributed by atoms with Crippen molar-refractivity contribution in [1.82, 2.24) is 4.57 Å². The summed E-state index contributed by atoms with van der Waals surface area (Å²) in [5.41, 5.74) is -0.494. The monoisotopic (exact) mass is 429 g/mol. The fraction of sp³-hybridized carbons (Fsp3) is 0.0455. The first-order valence-corrected chi connectivity index (χ1v) is 10.3. The second kappa shape index (κ2) is 7.46. The lowest BCUT2D eigenvalue weighted by Gasteiger charge is -2.14. The fourth-order valence-electron chi connectivity index (χ4n) is 3.24. The maximum Gasteiger partial charge on any atom is 0.211 e. The van der Waals surface area contributed by atoms with Crippen molar-refractivity contribution in [3.63, 3.8) is 0 Å². The lowest BCUT2D eigenvalue weighted by atomic mass is 10.1. The van der Waals surface area contributed by atoms with E-state index in [-0.39, 0.29) is 22.3 Å². The standard InChI is InChI=1S/C22H14F3NO3S/c23-15-6-4-5-14(9-15)12-26-13-21(30(28,29)16-7-2-1-3-8-16)22(27)17-10-18(24)19(25)11-20(17)26/h1-11,13H,12H2. The summed E-state index contributed by atoms with van der Waals surface area (Å²) in [6.07, 6.45) is 1.08. The van der Waals surface area contributed by atoms with Gasteiger partial charge in [0, 0.05) is 18.8 Å². The van der Waals surface area contributed by atoms with Gasteiger partial charge in [-0.15, -0.1) is 0 Å². The van der Waals surface area contributed by atoms with E-state index in [0.717, 1.165) is 12.3 Å². The van der Waals surface area contributed by atoms with E-state index in [1.807, 2.05) is 0 Å². The summed E-state index contributed by atoms with van der Waals surface area (Å²) >= 11 is 0. The van der Waals surface area contributed by atoms with E-state index in [2.05, 4.69) is 0 Å². The fourth-order valence-corrected chi connectivity index (χ4v) is 4.63. The molecule has 30 heavy (non-hydrogen) atoms. The number of halogens is 3. The lowest BCUT2D eigenvalue weighted by molar-refractivity contribution is 0.510. The molecule has 4 aromatic rings. The molecular formula is C22H14F3NO3S. The van der Waals surface area contributed by atoms with Crippen molar-refractivity contribution in [3.8, 4) is 0 Å². The highest BCUT2D eigenvalue weighted by molar-refractivity contribution is 7.91. The van der Waals surface area contributed by atoms with Crippen molar-refractivity contribution in [2.75, 3.05) is 0 Å². The zero-order valence-corrected chi connectivity index (χ0v) is 16.2. The predicted octanol–water partition coefficient (Wildman–Crippen LogP) is 4.30. The van der Waals surface area contributed by atoms with Crippen LogP contribution in [0.25, 0.3) is 10.9 Å². The number of aromatic nitrogens is 1. The molecule has 1 aromatic heterocycles. The van der Waals surface area contributed by atoms with Crippen molar-refractivity contribution in [3.05, 3.63) is 106 Å². The van der Waals surface area contributed by atoms with Crippen LogP contribution in [0.1, 0.15) is 5.56 Å². The topological polar surface area (TPSA) is 56.1 Å². The van der Waals surface area contributed by atoms with Gasteiger partial charge in [0.1, 0.15) is 10.7 Å². The second-order valence-electron chi connectivity index (χ2n) is 6.68. The van der Waals surface area contributed by atoms with Crippen LogP contribution >= 0.6 is 0 Å². The quantitative estimate of drug-likeness (QED) is 0.486. The summed E-state index contributed by atoms with van der Waals surface area (Å²) in [6, 6.07) is 14.4. The van der Waals surface area contributed by atoms with Crippen LogP contribution in [0.3, 0.4) is 0 Å². The van der Waals surface area contributed by atoms with E-state index in [4.69, 9.17) is 0 Å². The van der Waals surface area contributed by atoms with Gasteiger partial charge in [0.2, 0.25) is 15.3 Å². The largest absolute Gasteiger partial charge is 0.341 e. The molecule has 1 heterocycles. The normalized spacial score (nSPS) is 11.7. The molecule has 0 aliphatic rings. The van der Waals surface area contributed by atoms with Gasteiger partial charge in [0.15, 0.2) is 11.6 Å². The van der Waals surface area contributed by atoms with Gasteiger partial charge in [-0.3, -0.25) is 4.79 Å². The molecule has 0 aliphatic carbocycles. The highest BCUT2D eigenvalue weighted by atomic mass is 32.2. The molecule has 3 aromatic carbocycles. The highest BCUT2D eigenvalue weighted by Crippen LogP contribution is 2.23. The number of rotatable bonds is 4. The molecule has 0 N–H and O–H groups in total. The van der Waals surface area contributed by atoms with E-state index in [1.54, 1.807) is 12.1 Å². The molecule has 8 heteroatoms. The third-order valence-corrected chi connectivity index (χ3v) is 6.44. The first-order valence-electron chi connectivity index (χ1n) is 8.84. The van der Waals surface area contributed by atoms with Crippen LogP contribution in [0.15, 0.2) is 87.5 Å². The van der Waals surface area contributed by atoms with E-state index >= 15 is 0 Å². The molecule has 152 valence electrons. The summed E-state index contributed by atoms with van der Waals surface area (Å²) in [7, 11) is -4.23. The SMILES string of the molecule is O=c1c(S(=O)(=O)c2ccccc2)cn(Cc2cccc(F)c2)c2cc(F)c(F)cc12. The average Bonchev–Trinajstić information content (AvgIpc) is 2.72. The molecule has 4 rings (SSSR count). The van der Waals surface area contributed by atoms with Gasteiger partial charge in [-0.05, 0) is 35.9 Å². The number of sulfone groups is 1. The smallest absolute Gasteiger partial charge is 0.211 e. The van der Waals surface area contributed by atoms with Crippen LogP contribution in [0, 0.1) is 17.5 Å². The maximum atomic E-state index is 13.9. The molecule has 0 saturated carbocycles. The van der Waals surface area contributed by atoms with Gasteiger partial charge in [0.05, 0.1) is 15.8 Å². The highest BCUT2D eigenvalue weighted by Gasteiger charge is 2.24. The number of fused-ring (bicyclic) bond motifs is 1. The number of nitrogens with zero attached hydrogens (tertiary/aromatic N) is 1. The first kappa shape index (κ1) is 19.9. The van der Waals surface area contributed by atoms with E-state index < -0.39 is 37.6 Å². The third kappa shape index (κ3) is 3.50. The Kier molecular flexibility index (Phi) is 4.95. The Morgan fingerprint density at radius 2 is 1.53 bits per heavy atom. The van der Waals surface area contributed by atoms with Crippen LogP contribution in [-0.2, 0) is 16.4 Å². The van der Waals surface area contributed by atoms with E-state index in [9.17, 15) is 26.4 Å². The second-order valence-corrected chi connectivity index (χ2v) is 8.60. The molecule has 0 spiro atoms. The van der Waals surface area contributed by atoms with Gasteiger partial charge in [-0.2, -0.15) is 0 Å². The summed E-state index contributed by atoms with van der Waals surface area (Å²) < 4.78 is 68.8. The van der Waals surface area contributed by atoms with Crippen molar-refractivity contribution < 1.29 is 21.6 Å². The minimum atomic E-state index is -4.23.